The Morgan fingerprint density at radius 2 is 1.85 bits per heavy atom. The molecule has 3 rings (SSSR count). The van der Waals surface area contributed by atoms with E-state index in [0.29, 0.717) is 31.7 Å². The molecule has 0 aliphatic carbocycles. The van der Waals surface area contributed by atoms with Crippen LogP contribution in [0.4, 0.5) is 4.79 Å². The Labute approximate surface area is 164 Å². The molecular weight excluding hydrogens is 386 g/mol. The lowest BCUT2D eigenvalue weighted by Gasteiger charge is -2.26. The monoisotopic (exact) mass is 411 g/mol. The Kier molecular flexibility index (Phi) is 6.78. The Bertz CT molecular complexity index is 792. The molecule has 0 aromatic heterocycles. The van der Waals surface area contributed by atoms with Crippen LogP contribution in [0.15, 0.2) is 29.2 Å². The molecule has 0 unspecified atom stereocenters. The molecule has 0 radical (unpaired) electrons. The van der Waals surface area contributed by atoms with Crippen LogP contribution in [0.25, 0.3) is 0 Å². The van der Waals surface area contributed by atoms with Gasteiger partial charge >= 0.3 is 0 Å². The number of carbonyl (C=O) groups is 2. The molecule has 1 aromatic carbocycles. The van der Waals surface area contributed by atoms with Crippen LogP contribution in [0.3, 0.4) is 0 Å². The zero-order chi connectivity index (χ0) is 19.3. The van der Waals surface area contributed by atoms with Gasteiger partial charge in [0.25, 0.3) is 5.24 Å². The summed E-state index contributed by atoms with van der Waals surface area (Å²) < 4.78 is 27.4. The summed E-state index contributed by atoms with van der Waals surface area (Å²) in [6.07, 6.45) is 3.03. The molecule has 2 heterocycles. The number of hydrogen-bond donors (Lipinski definition) is 1. The molecule has 2 amide bonds. The van der Waals surface area contributed by atoms with Crippen molar-refractivity contribution >= 4 is 32.9 Å². The van der Waals surface area contributed by atoms with Crippen molar-refractivity contribution in [2.75, 3.05) is 31.9 Å². The Morgan fingerprint density at radius 3 is 2.56 bits per heavy atom. The number of hydrogen-bond acceptors (Lipinski definition) is 5. The highest BCUT2D eigenvalue weighted by Crippen LogP contribution is 2.23. The number of nitrogens with one attached hydrogen (secondary N) is 1. The van der Waals surface area contributed by atoms with Gasteiger partial charge in [0.05, 0.1) is 4.90 Å². The molecule has 1 aromatic rings. The quantitative estimate of drug-likeness (QED) is 0.742. The summed E-state index contributed by atoms with van der Waals surface area (Å²) >= 11 is 1.27. The average Bonchev–Trinajstić information content (AvgIpc) is 3.10. The fourth-order valence-electron chi connectivity index (χ4n) is 3.29. The zero-order valence-corrected chi connectivity index (χ0v) is 16.9. The van der Waals surface area contributed by atoms with E-state index >= 15 is 0 Å². The van der Waals surface area contributed by atoms with E-state index in [1.165, 1.54) is 16.1 Å². The number of benzene rings is 1. The van der Waals surface area contributed by atoms with Crippen molar-refractivity contribution in [1.29, 1.82) is 0 Å². The highest BCUT2D eigenvalue weighted by Gasteiger charge is 2.28. The largest absolute Gasteiger partial charge is 0.352 e. The van der Waals surface area contributed by atoms with Gasteiger partial charge in [-0.05, 0) is 24.5 Å². The average molecular weight is 412 g/mol. The van der Waals surface area contributed by atoms with Gasteiger partial charge in [0.15, 0.2) is 0 Å². The predicted octanol–water partition coefficient (Wildman–Crippen LogP) is 2.04. The van der Waals surface area contributed by atoms with Crippen molar-refractivity contribution in [2.45, 2.75) is 37.1 Å². The van der Waals surface area contributed by atoms with Crippen LogP contribution in [-0.2, 0) is 21.4 Å². The van der Waals surface area contributed by atoms with Gasteiger partial charge in [0, 0.05) is 44.9 Å². The molecule has 2 fully saturated rings. The molecular formula is C18H25N3O4S2. The van der Waals surface area contributed by atoms with Gasteiger partial charge in [0.1, 0.15) is 0 Å². The molecule has 2 saturated heterocycles. The third-order valence-corrected chi connectivity index (χ3v) is 7.73. The van der Waals surface area contributed by atoms with E-state index in [1.54, 1.807) is 29.2 Å². The number of nitrogens with zero attached hydrogens (tertiary/aromatic N) is 2. The first kappa shape index (κ1) is 20.2. The fourth-order valence-corrected chi connectivity index (χ4v) is 5.88. The van der Waals surface area contributed by atoms with Crippen molar-refractivity contribution in [3.8, 4) is 0 Å². The first-order valence-electron chi connectivity index (χ1n) is 9.25. The second kappa shape index (κ2) is 9.07. The molecule has 2 aliphatic rings. The molecule has 9 heteroatoms. The number of sulfonamides is 1. The second-order valence-electron chi connectivity index (χ2n) is 6.70. The number of amides is 2. The highest BCUT2D eigenvalue weighted by atomic mass is 32.2. The Hall–Kier alpha value is -1.58. The summed E-state index contributed by atoms with van der Waals surface area (Å²) in [5, 5.41) is 2.80. The van der Waals surface area contributed by atoms with E-state index < -0.39 is 10.0 Å². The zero-order valence-electron chi connectivity index (χ0n) is 15.2. The van der Waals surface area contributed by atoms with Gasteiger partial charge in [-0.2, -0.15) is 4.31 Å². The maximum absolute atomic E-state index is 13.0. The van der Waals surface area contributed by atoms with Crippen molar-refractivity contribution in [3.05, 3.63) is 29.8 Å². The minimum atomic E-state index is -3.55. The Morgan fingerprint density at radius 1 is 1.11 bits per heavy atom. The minimum Gasteiger partial charge on any atom is -0.352 e. The minimum absolute atomic E-state index is 0.0146. The van der Waals surface area contributed by atoms with Gasteiger partial charge in [0.2, 0.25) is 15.9 Å². The van der Waals surface area contributed by atoms with E-state index in [4.69, 9.17) is 0 Å². The maximum atomic E-state index is 13.0. The maximum Gasteiger partial charge on any atom is 0.281 e. The molecule has 0 saturated carbocycles. The summed E-state index contributed by atoms with van der Waals surface area (Å²) in [5.41, 5.74) is 0.587. The van der Waals surface area contributed by atoms with Crippen LogP contribution in [0.5, 0.6) is 0 Å². The van der Waals surface area contributed by atoms with Crippen LogP contribution < -0.4 is 5.32 Å². The normalized spacial score (nSPS) is 18.7. The predicted molar refractivity (Wildman–Crippen MR) is 105 cm³/mol. The first-order valence-corrected chi connectivity index (χ1v) is 11.7. The molecule has 0 atom stereocenters. The standard InChI is InChI=1S/C18H25N3O4S2/c22-17(8-11-20-12-13-26-18(20)23)19-14-15-6-2-3-7-16(15)27(24,25)21-9-4-1-5-10-21/h2-3,6-7H,1,4-5,8-14H2,(H,19,22). The lowest BCUT2D eigenvalue weighted by molar-refractivity contribution is -0.121. The molecule has 27 heavy (non-hydrogen) atoms. The van der Waals surface area contributed by atoms with Crippen LogP contribution >= 0.6 is 11.8 Å². The number of rotatable bonds is 7. The smallest absolute Gasteiger partial charge is 0.281 e. The van der Waals surface area contributed by atoms with Gasteiger partial charge in [-0.1, -0.05) is 36.4 Å². The molecule has 0 spiro atoms. The fraction of sp³-hybridized carbons (Fsp3) is 0.556. The Balaban J connectivity index is 1.60. The van der Waals surface area contributed by atoms with Gasteiger partial charge in [-0.25, -0.2) is 8.42 Å². The van der Waals surface area contributed by atoms with Crippen LogP contribution in [0.2, 0.25) is 0 Å². The molecule has 7 nitrogen and oxygen atoms in total. The van der Waals surface area contributed by atoms with E-state index in [1.807, 2.05) is 0 Å². The SMILES string of the molecule is O=C(CCN1CCSC1=O)NCc1ccccc1S(=O)(=O)N1CCCCC1. The number of carbonyl (C=O) groups excluding carboxylic acids is 2. The topological polar surface area (TPSA) is 86.8 Å². The number of thioether (sulfide) groups is 1. The summed E-state index contributed by atoms with van der Waals surface area (Å²) in [4.78, 5) is 25.6. The molecule has 0 bridgehead atoms. The van der Waals surface area contributed by atoms with Gasteiger partial charge in [-0.15, -0.1) is 0 Å². The number of piperidine rings is 1. The third-order valence-electron chi connectivity index (χ3n) is 4.84. The van der Waals surface area contributed by atoms with E-state index in [9.17, 15) is 18.0 Å². The first-order chi connectivity index (χ1) is 13.0. The summed E-state index contributed by atoms with van der Waals surface area (Å²) in [7, 11) is -3.55. The lowest BCUT2D eigenvalue weighted by Crippen LogP contribution is -2.36. The summed E-state index contributed by atoms with van der Waals surface area (Å²) in [6.45, 7) is 2.32. The molecule has 2 aliphatic heterocycles. The second-order valence-corrected chi connectivity index (χ2v) is 9.65. The summed E-state index contributed by atoms with van der Waals surface area (Å²) in [5.74, 6) is 0.576. The third kappa shape index (κ3) is 5.03. The molecule has 1 N–H and O–H groups in total. The van der Waals surface area contributed by atoms with Gasteiger partial charge < -0.3 is 10.2 Å². The van der Waals surface area contributed by atoms with Crippen molar-refractivity contribution in [2.24, 2.45) is 0 Å². The van der Waals surface area contributed by atoms with Crippen molar-refractivity contribution in [3.63, 3.8) is 0 Å². The lowest BCUT2D eigenvalue weighted by atomic mass is 10.2. The van der Waals surface area contributed by atoms with Gasteiger partial charge in [-0.3, -0.25) is 9.59 Å². The van der Waals surface area contributed by atoms with Crippen LogP contribution in [0.1, 0.15) is 31.2 Å². The highest BCUT2D eigenvalue weighted by molar-refractivity contribution is 8.13. The van der Waals surface area contributed by atoms with Crippen molar-refractivity contribution < 1.29 is 18.0 Å². The molecule has 148 valence electrons. The van der Waals surface area contributed by atoms with Crippen molar-refractivity contribution in [1.82, 2.24) is 14.5 Å². The van der Waals surface area contributed by atoms with Crippen LogP contribution in [0, 0.1) is 0 Å². The van der Waals surface area contributed by atoms with E-state index in [2.05, 4.69) is 5.32 Å². The van der Waals surface area contributed by atoms with Crippen LogP contribution in [-0.4, -0.2) is 60.7 Å². The van der Waals surface area contributed by atoms with E-state index in [-0.39, 0.29) is 29.0 Å². The summed E-state index contributed by atoms with van der Waals surface area (Å²) in [6, 6.07) is 6.82. The van der Waals surface area contributed by atoms with E-state index in [0.717, 1.165) is 25.0 Å².